The second-order valence-corrected chi connectivity index (χ2v) is 8.13. The standard InChI is InChI=1S/C18H20FN3O3S/c19-13-2-1-3-14-15(13)20-17(26-14)22-10-12(11-22)16(23)21-6-4-18(5-7-21)24-8-9-25-18/h1-3,12H,4-11H2. The third kappa shape index (κ3) is 2.67. The van der Waals surface area contributed by atoms with Crippen molar-refractivity contribution in [2.45, 2.75) is 18.6 Å². The number of aromatic nitrogens is 1. The molecule has 5 rings (SSSR count). The van der Waals surface area contributed by atoms with Crippen molar-refractivity contribution in [1.29, 1.82) is 0 Å². The predicted molar refractivity (Wildman–Crippen MR) is 95.7 cm³/mol. The van der Waals surface area contributed by atoms with Gasteiger partial charge in [0.1, 0.15) is 11.3 Å². The summed E-state index contributed by atoms with van der Waals surface area (Å²) in [6.45, 7) is 3.95. The van der Waals surface area contributed by atoms with E-state index in [1.54, 1.807) is 6.07 Å². The molecule has 4 heterocycles. The number of anilines is 1. The molecule has 1 spiro atoms. The van der Waals surface area contributed by atoms with Crippen LogP contribution in [0.25, 0.3) is 10.2 Å². The maximum Gasteiger partial charge on any atom is 0.229 e. The molecule has 0 bridgehead atoms. The van der Waals surface area contributed by atoms with Crippen molar-refractivity contribution in [3.05, 3.63) is 24.0 Å². The molecule has 0 unspecified atom stereocenters. The lowest BCUT2D eigenvalue weighted by Gasteiger charge is -2.43. The molecule has 1 aromatic heterocycles. The average molecular weight is 377 g/mol. The summed E-state index contributed by atoms with van der Waals surface area (Å²) < 4.78 is 26.1. The number of para-hydroxylation sites is 1. The van der Waals surface area contributed by atoms with Crippen molar-refractivity contribution in [3.63, 3.8) is 0 Å². The summed E-state index contributed by atoms with van der Waals surface area (Å²) in [5.41, 5.74) is 0.417. The Labute approximate surface area is 154 Å². The zero-order valence-corrected chi connectivity index (χ0v) is 15.1. The number of rotatable bonds is 2. The Balaban J connectivity index is 1.20. The summed E-state index contributed by atoms with van der Waals surface area (Å²) in [4.78, 5) is 21.1. The highest BCUT2D eigenvalue weighted by molar-refractivity contribution is 7.22. The Morgan fingerprint density at radius 2 is 1.96 bits per heavy atom. The predicted octanol–water partition coefficient (Wildman–Crippen LogP) is 2.24. The summed E-state index contributed by atoms with van der Waals surface area (Å²) in [7, 11) is 0. The van der Waals surface area contributed by atoms with Gasteiger partial charge in [0.15, 0.2) is 10.9 Å². The lowest BCUT2D eigenvalue weighted by Crippen LogP contribution is -2.57. The number of hydrogen-bond acceptors (Lipinski definition) is 6. The van der Waals surface area contributed by atoms with Crippen LogP contribution in [-0.4, -0.2) is 61.0 Å². The van der Waals surface area contributed by atoms with Crippen LogP contribution in [0.4, 0.5) is 9.52 Å². The summed E-state index contributed by atoms with van der Waals surface area (Å²) in [6, 6.07) is 5.00. The van der Waals surface area contributed by atoms with E-state index in [9.17, 15) is 9.18 Å². The SMILES string of the molecule is O=C(C1CN(c2nc3c(F)cccc3s2)C1)N1CCC2(CC1)OCCO2. The third-order valence-electron chi connectivity index (χ3n) is 5.51. The highest BCUT2D eigenvalue weighted by Gasteiger charge is 2.43. The van der Waals surface area contributed by atoms with E-state index in [4.69, 9.17) is 9.47 Å². The largest absolute Gasteiger partial charge is 0.347 e. The molecule has 0 atom stereocenters. The summed E-state index contributed by atoms with van der Waals surface area (Å²) in [5.74, 6) is -0.558. The van der Waals surface area contributed by atoms with Gasteiger partial charge in [0.05, 0.1) is 23.8 Å². The van der Waals surface area contributed by atoms with Gasteiger partial charge in [-0.3, -0.25) is 4.79 Å². The molecule has 0 radical (unpaired) electrons. The summed E-state index contributed by atoms with van der Waals surface area (Å²) >= 11 is 1.47. The molecular formula is C18H20FN3O3S. The van der Waals surface area contributed by atoms with Crippen LogP contribution in [0.15, 0.2) is 18.2 Å². The molecule has 3 saturated heterocycles. The number of amides is 1. The van der Waals surface area contributed by atoms with E-state index < -0.39 is 5.79 Å². The number of carbonyl (C=O) groups is 1. The Hall–Kier alpha value is -1.77. The maximum absolute atomic E-state index is 13.8. The number of hydrogen-bond donors (Lipinski definition) is 0. The van der Waals surface area contributed by atoms with Crippen LogP contribution in [-0.2, 0) is 14.3 Å². The van der Waals surface area contributed by atoms with E-state index in [1.165, 1.54) is 17.4 Å². The number of ether oxygens (including phenoxy) is 2. The highest BCUT2D eigenvalue weighted by atomic mass is 32.1. The molecule has 1 amide bonds. The normalized spacial score (nSPS) is 23.0. The lowest BCUT2D eigenvalue weighted by atomic mass is 9.96. The molecule has 6 nitrogen and oxygen atoms in total. The number of likely N-dealkylation sites (tertiary alicyclic amines) is 1. The minimum absolute atomic E-state index is 0.00803. The fourth-order valence-electron chi connectivity index (χ4n) is 3.94. The van der Waals surface area contributed by atoms with Gasteiger partial charge >= 0.3 is 0 Å². The first kappa shape index (κ1) is 16.4. The molecule has 1 aromatic carbocycles. The number of fused-ring (bicyclic) bond motifs is 1. The molecule has 0 aliphatic carbocycles. The second-order valence-electron chi connectivity index (χ2n) is 7.12. The van der Waals surface area contributed by atoms with Crippen molar-refractivity contribution in [2.24, 2.45) is 5.92 Å². The molecule has 3 aliphatic rings. The first-order valence-electron chi connectivity index (χ1n) is 9.00. The van der Waals surface area contributed by atoms with Gasteiger partial charge in [-0.25, -0.2) is 9.37 Å². The monoisotopic (exact) mass is 377 g/mol. The van der Waals surface area contributed by atoms with E-state index in [2.05, 4.69) is 9.88 Å². The van der Waals surface area contributed by atoms with Gasteiger partial charge in [0, 0.05) is 39.0 Å². The van der Waals surface area contributed by atoms with Crippen molar-refractivity contribution in [3.8, 4) is 0 Å². The van der Waals surface area contributed by atoms with Crippen LogP contribution in [0.5, 0.6) is 0 Å². The van der Waals surface area contributed by atoms with E-state index in [1.807, 2.05) is 11.0 Å². The second kappa shape index (κ2) is 6.14. The Kier molecular flexibility index (Phi) is 3.88. The fourth-order valence-corrected chi connectivity index (χ4v) is 4.94. The highest BCUT2D eigenvalue weighted by Crippen LogP contribution is 2.36. The minimum atomic E-state index is -0.451. The number of halogens is 1. The van der Waals surface area contributed by atoms with E-state index >= 15 is 0 Å². The molecule has 0 saturated carbocycles. The molecule has 2 aromatic rings. The number of piperidine rings is 1. The van der Waals surface area contributed by atoms with Crippen LogP contribution in [0.1, 0.15) is 12.8 Å². The van der Waals surface area contributed by atoms with Crippen LogP contribution >= 0.6 is 11.3 Å². The quantitative estimate of drug-likeness (QED) is 0.803. The molecule has 8 heteroatoms. The third-order valence-corrected chi connectivity index (χ3v) is 6.59. The minimum Gasteiger partial charge on any atom is -0.347 e. The lowest BCUT2D eigenvalue weighted by molar-refractivity contribution is -0.188. The number of carbonyl (C=O) groups excluding carboxylic acids is 1. The Bertz CT molecular complexity index is 835. The number of nitrogens with zero attached hydrogens (tertiary/aromatic N) is 3. The number of thiazole rings is 1. The van der Waals surface area contributed by atoms with Gasteiger partial charge in [-0.1, -0.05) is 17.4 Å². The first-order valence-corrected chi connectivity index (χ1v) is 9.82. The van der Waals surface area contributed by atoms with Gasteiger partial charge in [0.2, 0.25) is 5.91 Å². The van der Waals surface area contributed by atoms with Crippen LogP contribution < -0.4 is 4.90 Å². The molecule has 0 N–H and O–H groups in total. The Morgan fingerprint density at radius 3 is 2.65 bits per heavy atom. The molecule has 3 fully saturated rings. The van der Waals surface area contributed by atoms with Crippen LogP contribution in [0.2, 0.25) is 0 Å². The zero-order chi connectivity index (χ0) is 17.7. The van der Waals surface area contributed by atoms with Gasteiger partial charge in [-0.15, -0.1) is 0 Å². The van der Waals surface area contributed by atoms with Crippen molar-refractivity contribution in [1.82, 2.24) is 9.88 Å². The molecule has 3 aliphatic heterocycles. The van der Waals surface area contributed by atoms with Gasteiger partial charge < -0.3 is 19.3 Å². The molecule has 26 heavy (non-hydrogen) atoms. The van der Waals surface area contributed by atoms with Gasteiger partial charge in [-0.2, -0.15) is 0 Å². The average Bonchev–Trinajstić information content (AvgIpc) is 3.22. The fraction of sp³-hybridized carbons (Fsp3) is 0.556. The van der Waals surface area contributed by atoms with Gasteiger partial charge in [-0.05, 0) is 12.1 Å². The van der Waals surface area contributed by atoms with Gasteiger partial charge in [0.25, 0.3) is 0 Å². The van der Waals surface area contributed by atoms with Crippen molar-refractivity contribution < 1.29 is 18.7 Å². The maximum atomic E-state index is 13.8. The topological polar surface area (TPSA) is 54.9 Å². The molecular weight excluding hydrogens is 357 g/mol. The van der Waals surface area contributed by atoms with Crippen LogP contribution in [0.3, 0.4) is 0 Å². The van der Waals surface area contributed by atoms with Crippen molar-refractivity contribution in [2.75, 3.05) is 44.3 Å². The van der Waals surface area contributed by atoms with Crippen molar-refractivity contribution >= 4 is 32.6 Å². The molecule has 138 valence electrons. The summed E-state index contributed by atoms with van der Waals surface area (Å²) in [6.07, 6.45) is 1.48. The zero-order valence-electron chi connectivity index (χ0n) is 14.3. The van der Waals surface area contributed by atoms with Crippen LogP contribution in [0, 0.1) is 11.7 Å². The smallest absolute Gasteiger partial charge is 0.229 e. The van der Waals surface area contributed by atoms with E-state index in [-0.39, 0.29) is 17.6 Å². The summed E-state index contributed by atoms with van der Waals surface area (Å²) in [5, 5.41) is 0.791. The van der Waals surface area contributed by atoms with E-state index in [0.717, 1.165) is 22.7 Å². The Morgan fingerprint density at radius 1 is 1.23 bits per heavy atom. The van der Waals surface area contributed by atoms with E-state index in [0.29, 0.717) is 44.9 Å². The first-order chi connectivity index (χ1) is 12.6. The number of benzene rings is 1.